The van der Waals surface area contributed by atoms with Gasteiger partial charge in [-0.3, -0.25) is 0 Å². The first kappa shape index (κ1) is 19.7. The van der Waals surface area contributed by atoms with Gasteiger partial charge >= 0.3 is 0 Å². The second-order valence-corrected chi connectivity index (χ2v) is 7.99. The summed E-state index contributed by atoms with van der Waals surface area (Å²) in [5.74, 6) is 0. The smallest absolute Gasteiger partial charge is 0.0388 e. The lowest BCUT2D eigenvalue weighted by Crippen LogP contribution is -2.42. The maximum atomic E-state index is 3.71. The molecule has 0 bridgehead atoms. The molecular formula is C22H38N4. The van der Waals surface area contributed by atoms with Crippen LogP contribution in [0.2, 0.25) is 0 Å². The Labute approximate surface area is 160 Å². The van der Waals surface area contributed by atoms with Gasteiger partial charge in [0, 0.05) is 31.4 Å². The minimum absolute atomic E-state index is 0.608. The number of anilines is 1. The monoisotopic (exact) mass is 358 g/mol. The molecule has 4 nitrogen and oxygen atoms in total. The molecule has 1 atom stereocenters. The third-order valence-electron chi connectivity index (χ3n) is 5.98. The van der Waals surface area contributed by atoms with Crippen molar-refractivity contribution in [3.8, 4) is 0 Å². The van der Waals surface area contributed by atoms with E-state index >= 15 is 0 Å². The Hall–Kier alpha value is -1.10. The molecule has 2 aliphatic heterocycles. The second kappa shape index (κ2) is 10.9. The van der Waals surface area contributed by atoms with Gasteiger partial charge in [0.05, 0.1) is 0 Å². The Morgan fingerprint density at radius 1 is 0.846 bits per heavy atom. The van der Waals surface area contributed by atoms with Crippen molar-refractivity contribution in [2.75, 3.05) is 64.2 Å². The van der Waals surface area contributed by atoms with Crippen LogP contribution in [-0.2, 0) is 0 Å². The maximum Gasteiger partial charge on any atom is 0.0388 e. The lowest BCUT2D eigenvalue weighted by Gasteiger charge is -2.33. The van der Waals surface area contributed by atoms with Crippen molar-refractivity contribution in [3.63, 3.8) is 0 Å². The Bertz CT molecular complexity index is 492. The molecule has 1 unspecified atom stereocenters. The standard InChI is InChI=1S/C22H38N4/c1-2-24-16-9-17-25(19-18-24)13-6-7-14-26-15-8-12-22(20-26)23-21-10-4-3-5-11-21/h3-5,10-11,22-23H,2,6-9,12-20H2,1H3. The zero-order chi connectivity index (χ0) is 18.0. The maximum absolute atomic E-state index is 3.71. The van der Waals surface area contributed by atoms with Crippen molar-refractivity contribution in [1.29, 1.82) is 0 Å². The van der Waals surface area contributed by atoms with Crippen LogP contribution in [0.4, 0.5) is 5.69 Å². The minimum atomic E-state index is 0.608. The molecule has 3 rings (SSSR count). The highest BCUT2D eigenvalue weighted by Crippen LogP contribution is 2.16. The number of likely N-dealkylation sites (N-methyl/N-ethyl adjacent to an activating group) is 1. The first-order valence-electron chi connectivity index (χ1n) is 10.8. The van der Waals surface area contributed by atoms with Crippen molar-refractivity contribution in [1.82, 2.24) is 14.7 Å². The number of piperidine rings is 1. The van der Waals surface area contributed by atoms with E-state index in [1.54, 1.807) is 0 Å². The van der Waals surface area contributed by atoms with Crippen LogP contribution in [0.3, 0.4) is 0 Å². The molecule has 1 N–H and O–H groups in total. The average molecular weight is 359 g/mol. The van der Waals surface area contributed by atoms with Crippen molar-refractivity contribution in [3.05, 3.63) is 30.3 Å². The van der Waals surface area contributed by atoms with Crippen LogP contribution in [0, 0.1) is 0 Å². The second-order valence-electron chi connectivity index (χ2n) is 7.99. The van der Waals surface area contributed by atoms with Gasteiger partial charge < -0.3 is 20.0 Å². The number of para-hydroxylation sites is 1. The summed E-state index contributed by atoms with van der Waals surface area (Å²) in [7, 11) is 0. The zero-order valence-corrected chi connectivity index (χ0v) is 16.7. The van der Waals surface area contributed by atoms with E-state index in [4.69, 9.17) is 0 Å². The van der Waals surface area contributed by atoms with E-state index in [9.17, 15) is 0 Å². The normalized spacial score (nSPS) is 23.7. The van der Waals surface area contributed by atoms with E-state index in [0.717, 1.165) is 0 Å². The number of hydrogen-bond acceptors (Lipinski definition) is 4. The molecule has 2 aliphatic rings. The van der Waals surface area contributed by atoms with Gasteiger partial charge in [-0.25, -0.2) is 0 Å². The lowest BCUT2D eigenvalue weighted by atomic mass is 10.0. The van der Waals surface area contributed by atoms with Crippen LogP contribution in [-0.4, -0.2) is 79.6 Å². The number of hydrogen-bond donors (Lipinski definition) is 1. The molecule has 26 heavy (non-hydrogen) atoms. The molecule has 0 spiro atoms. The first-order chi connectivity index (χ1) is 12.8. The van der Waals surface area contributed by atoms with E-state index in [-0.39, 0.29) is 0 Å². The SMILES string of the molecule is CCN1CCCN(CCCCN2CCCC(Nc3ccccc3)C2)CC1. The predicted octanol–water partition coefficient (Wildman–Crippen LogP) is 3.37. The highest BCUT2D eigenvalue weighted by molar-refractivity contribution is 5.43. The number of benzene rings is 1. The molecular weight excluding hydrogens is 320 g/mol. The molecule has 0 aliphatic carbocycles. The van der Waals surface area contributed by atoms with E-state index in [1.165, 1.54) is 96.7 Å². The quantitative estimate of drug-likeness (QED) is 0.719. The summed E-state index contributed by atoms with van der Waals surface area (Å²) >= 11 is 0. The third kappa shape index (κ3) is 6.57. The zero-order valence-electron chi connectivity index (χ0n) is 16.7. The molecule has 2 heterocycles. The summed E-state index contributed by atoms with van der Waals surface area (Å²) < 4.78 is 0. The Balaban J connectivity index is 1.31. The molecule has 1 aromatic rings. The summed E-state index contributed by atoms with van der Waals surface area (Å²) in [6.45, 7) is 13.6. The highest BCUT2D eigenvalue weighted by Gasteiger charge is 2.19. The van der Waals surface area contributed by atoms with E-state index < -0.39 is 0 Å². The van der Waals surface area contributed by atoms with E-state index in [2.05, 4.69) is 57.3 Å². The summed E-state index contributed by atoms with van der Waals surface area (Å²) in [6.07, 6.45) is 6.65. The molecule has 0 radical (unpaired) electrons. The Morgan fingerprint density at radius 3 is 2.35 bits per heavy atom. The van der Waals surface area contributed by atoms with Crippen LogP contribution in [0.25, 0.3) is 0 Å². The summed E-state index contributed by atoms with van der Waals surface area (Å²) in [4.78, 5) is 7.95. The van der Waals surface area contributed by atoms with Gasteiger partial charge in [0.25, 0.3) is 0 Å². The highest BCUT2D eigenvalue weighted by atomic mass is 15.2. The van der Waals surface area contributed by atoms with Gasteiger partial charge in [0.2, 0.25) is 0 Å². The van der Waals surface area contributed by atoms with Crippen LogP contribution in [0.15, 0.2) is 30.3 Å². The number of nitrogens with one attached hydrogen (secondary N) is 1. The molecule has 2 saturated heterocycles. The van der Waals surface area contributed by atoms with Gasteiger partial charge in [0.15, 0.2) is 0 Å². The fraction of sp³-hybridized carbons (Fsp3) is 0.727. The third-order valence-corrected chi connectivity index (χ3v) is 5.98. The Morgan fingerprint density at radius 2 is 1.54 bits per heavy atom. The van der Waals surface area contributed by atoms with Gasteiger partial charge in [-0.05, 0) is 83.5 Å². The van der Waals surface area contributed by atoms with Gasteiger partial charge in [0.1, 0.15) is 0 Å². The molecule has 146 valence electrons. The summed E-state index contributed by atoms with van der Waals surface area (Å²) in [6, 6.07) is 11.3. The number of rotatable bonds is 8. The van der Waals surface area contributed by atoms with Crippen molar-refractivity contribution in [2.45, 2.75) is 45.1 Å². The molecule has 0 saturated carbocycles. The van der Waals surface area contributed by atoms with Crippen LogP contribution in [0.1, 0.15) is 39.0 Å². The van der Waals surface area contributed by atoms with Crippen molar-refractivity contribution < 1.29 is 0 Å². The summed E-state index contributed by atoms with van der Waals surface area (Å²) in [5, 5.41) is 3.71. The summed E-state index contributed by atoms with van der Waals surface area (Å²) in [5.41, 5.74) is 1.27. The molecule has 0 aromatic heterocycles. The number of nitrogens with zero attached hydrogens (tertiary/aromatic N) is 3. The topological polar surface area (TPSA) is 21.8 Å². The van der Waals surface area contributed by atoms with Crippen LogP contribution >= 0.6 is 0 Å². The van der Waals surface area contributed by atoms with Crippen molar-refractivity contribution >= 4 is 5.69 Å². The average Bonchev–Trinajstić information content (AvgIpc) is 2.92. The van der Waals surface area contributed by atoms with E-state index in [0.29, 0.717) is 6.04 Å². The molecule has 0 amide bonds. The fourth-order valence-electron chi connectivity index (χ4n) is 4.38. The lowest BCUT2D eigenvalue weighted by molar-refractivity contribution is 0.204. The van der Waals surface area contributed by atoms with Crippen molar-refractivity contribution in [2.24, 2.45) is 0 Å². The molecule has 1 aromatic carbocycles. The van der Waals surface area contributed by atoms with Gasteiger partial charge in [-0.2, -0.15) is 0 Å². The number of likely N-dealkylation sites (tertiary alicyclic amines) is 1. The van der Waals surface area contributed by atoms with Crippen LogP contribution < -0.4 is 5.32 Å². The molecule has 2 fully saturated rings. The fourth-order valence-corrected chi connectivity index (χ4v) is 4.38. The van der Waals surface area contributed by atoms with Gasteiger partial charge in [-0.1, -0.05) is 25.1 Å². The predicted molar refractivity (Wildman–Crippen MR) is 112 cm³/mol. The molecule has 4 heteroatoms. The minimum Gasteiger partial charge on any atom is -0.381 e. The van der Waals surface area contributed by atoms with Gasteiger partial charge in [-0.15, -0.1) is 0 Å². The van der Waals surface area contributed by atoms with E-state index in [1.807, 2.05) is 0 Å². The first-order valence-corrected chi connectivity index (χ1v) is 10.8. The largest absolute Gasteiger partial charge is 0.381 e. The number of unbranched alkanes of at least 4 members (excludes halogenated alkanes) is 1. The van der Waals surface area contributed by atoms with Crippen LogP contribution in [0.5, 0.6) is 0 Å². The Kier molecular flexibility index (Phi) is 8.24.